The standard InChI is InChI=1S/C11H12N2O2/c1-2-3-4-7-13-11(15)10-9(14)6-5-8-12-10/h1,5-6,8,14H,3-4,7H2,(H,13,15). The summed E-state index contributed by atoms with van der Waals surface area (Å²) in [5.41, 5.74) is 0.0400. The highest BCUT2D eigenvalue weighted by Gasteiger charge is 2.10. The number of aromatic hydroxyl groups is 1. The third kappa shape index (κ3) is 3.31. The van der Waals surface area contributed by atoms with Crippen molar-refractivity contribution < 1.29 is 9.90 Å². The Morgan fingerprint density at radius 3 is 3.13 bits per heavy atom. The van der Waals surface area contributed by atoms with E-state index < -0.39 is 0 Å². The largest absolute Gasteiger partial charge is 0.505 e. The lowest BCUT2D eigenvalue weighted by molar-refractivity contribution is 0.0945. The molecule has 0 unspecified atom stereocenters. The molecule has 0 aliphatic rings. The minimum absolute atomic E-state index is 0.0400. The number of amides is 1. The predicted octanol–water partition coefficient (Wildman–Crippen LogP) is 0.930. The summed E-state index contributed by atoms with van der Waals surface area (Å²) in [5, 5.41) is 11.9. The summed E-state index contributed by atoms with van der Waals surface area (Å²) in [6.07, 6.45) is 7.86. The number of carbonyl (C=O) groups excluding carboxylic acids is 1. The minimum Gasteiger partial charge on any atom is -0.505 e. The number of nitrogens with one attached hydrogen (secondary N) is 1. The molecule has 4 heteroatoms. The van der Waals surface area contributed by atoms with Crippen LogP contribution in [-0.4, -0.2) is 22.5 Å². The molecule has 0 fully saturated rings. The van der Waals surface area contributed by atoms with E-state index in [4.69, 9.17) is 6.42 Å². The van der Waals surface area contributed by atoms with Crippen molar-refractivity contribution >= 4 is 5.91 Å². The fourth-order valence-corrected chi connectivity index (χ4v) is 1.05. The lowest BCUT2D eigenvalue weighted by Crippen LogP contribution is -2.25. The van der Waals surface area contributed by atoms with Gasteiger partial charge in [0.1, 0.15) is 5.75 Å². The highest BCUT2D eigenvalue weighted by Crippen LogP contribution is 2.11. The second-order valence-electron chi connectivity index (χ2n) is 2.93. The van der Waals surface area contributed by atoms with Crippen molar-refractivity contribution in [3.8, 4) is 18.1 Å². The van der Waals surface area contributed by atoms with E-state index in [-0.39, 0.29) is 17.4 Å². The first-order valence-corrected chi connectivity index (χ1v) is 4.61. The summed E-state index contributed by atoms with van der Waals surface area (Å²) in [6.45, 7) is 0.485. The minimum atomic E-state index is -0.384. The molecule has 0 saturated heterocycles. The van der Waals surface area contributed by atoms with Crippen LogP contribution in [0.2, 0.25) is 0 Å². The van der Waals surface area contributed by atoms with E-state index in [0.717, 1.165) is 6.42 Å². The first-order valence-electron chi connectivity index (χ1n) is 4.61. The van der Waals surface area contributed by atoms with Gasteiger partial charge in [-0.05, 0) is 18.6 Å². The maximum Gasteiger partial charge on any atom is 0.273 e. The summed E-state index contributed by atoms with van der Waals surface area (Å²) in [4.78, 5) is 15.2. The summed E-state index contributed by atoms with van der Waals surface area (Å²) >= 11 is 0. The molecule has 0 saturated carbocycles. The van der Waals surface area contributed by atoms with Gasteiger partial charge in [0, 0.05) is 19.2 Å². The van der Waals surface area contributed by atoms with Crippen molar-refractivity contribution in [2.45, 2.75) is 12.8 Å². The van der Waals surface area contributed by atoms with Gasteiger partial charge in [0.2, 0.25) is 0 Å². The monoisotopic (exact) mass is 204 g/mol. The topological polar surface area (TPSA) is 62.2 Å². The van der Waals surface area contributed by atoms with Crippen molar-refractivity contribution in [2.75, 3.05) is 6.54 Å². The maximum atomic E-state index is 11.4. The molecule has 0 bridgehead atoms. The molecule has 0 atom stereocenters. The molecule has 15 heavy (non-hydrogen) atoms. The number of nitrogens with zero attached hydrogens (tertiary/aromatic N) is 1. The fraction of sp³-hybridized carbons (Fsp3) is 0.273. The van der Waals surface area contributed by atoms with Crippen LogP contribution in [0.1, 0.15) is 23.3 Å². The van der Waals surface area contributed by atoms with E-state index >= 15 is 0 Å². The van der Waals surface area contributed by atoms with E-state index in [1.165, 1.54) is 12.3 Å². The highest BCUT2D eigenvalue weighted by atomic mass is 16.3. The maximum absolute atomic E-state index is 11.4. The first-order chi connectivity index (χ1) is 7.25. The third-order valence-corrected chi connectivity index (χ3v) is 1.78. The number of pyridine rings is 1. The van der Waals surface area contributed by atoms with Gasteiger partial charge in [-0.25, -0.2) is 4.98 Å². The van der Waals surface area contributed by atoms with Crippen LogP contribution in [-0.2, 0) is 0 Å². The van der Waals surface area contributed by atoms with Crippen molar-refractivity contribution in [3.63, 3.8) is 0 Å². The summed E-state index contributed by atoms with van der Waals surface area (Å²) < 4.78 is 0. The van der Waals surface area contributed by atoms with E-state index in [9.17, 15) is 9.90 Å². The Balaban J connectivity index is 2.48. The molecule has 1 amide bonds. The van der Waals surface area contributed by atoms with Gasteiger partial charge in [0.25, 0.3) is 5.91 Å². The van der Waals surface area contributed by atoms with Gasteiger partial charge in [0.15, 0.2) is 5.69 Å². The SMILES string of the molecule is C#CCCCNC(=O)c1ncccc1O. The van der Waals surface area contributed by atoms with Crippen LogP contribution in [0, 0.1) is 12.3 Å². The fourth-order valence-electron chi connectivity index (χ4n) is 1.05. The van der Waals surface area contributed by atoms with Gasteiger partial charge < -0.3 is 10.4 Å². The number of carbonyl (C=O) groups is 1. The Morgan fingerprint density at radius 2 is 2.47 bits per heavy atom. The van der Waals surface area contributed by atoms with Gasteiger partial charge in [-0.2, -0.15) is 0 Å². The molecule has 4 nitrogen and oxygen atoms in total. The lowest BCUT2D eigenvalue weighted by atomic mass is 10.3. The van der Waals surface area contributed by atoms with Gasteiger partial charge in [-0.3, -0.25) is 4.79 Å². The number of rotatable bonds is 4. The van der Waals surface area contributed by atoms with E-state index in [2.05, 4.69) is 16.2 Å². The molecule has 0 aromatic carbocycles. The van der Waals surface area contributed by atoms with E-state index in [1.807, 2.05) is 0 Å². The molecule has 78 valence electrons. The quantitative estimate of drug-likeness (QED) is 0.566. The molecule has 0 aliphatic carbocycles. The van der Waals surface area contributed by atoms with E-state index in [0.29, 0.717) is 13.0 Å². The smallest absolute Gasteiger partial charge is 0.273 e. The Kier molecular flexibility index (Phi) is 4.17. The first kappa shape index (κ1) is 11.1. The number of unbranched alkanes of at least 4 members (excludes halogenated alkanes) is 1. The van der Waals surface area contributed by atoms with Crippen LogP contribution in [0.5, 0.6) is 5.75 Å². The molecule has 1 aromatic rings. The van der Waals surface area contributed by atoms with Crippen molar-refractivity contribution in [1.82, 2.24) is 10.3 Å². The number of hydrogen-bond donors (Lipinski definition) is 2. The zero-order valence-corrected chi connectivity index (χ0v) is 8.23. The second kappa shape index (κ2) is 5.66. The van der Waals surface area contributed by atoms with Crippen LogP contribution >= 0.6 is 0 Å². The van der Waals surface area contributed by atoms with Crippen LogP contribution in [0.3, 0.4) is 0 Å². The zero-order valence-electron chi connectivity index (χ0n) is 8.23. The average molecular weight is 204 g/mol. The molecular weight excluding hydrogens is 192 g/mol. The van der Waals surface area contributed by atoms with Gasteiger partial charge in [-0.1, -0.05) is 0 Å². The summed E-state index contributed by atoms with van der Waals surface area (Å²) in [5.74, 6) is 1.97. The van der Waals surface area contributed by atoms with Crippen molar-refractivity contribution in [1.29, 1.82) is 0 Å². The Labute approximate surface area is 88.3 Å². The molecule has 1 rings (SSSR count). The normalized spacial score (nSPS) is 9.27. The Hall–Kier alpha value is -2.02. The molecule has 2 N–H and O–H groups in total. The lowest BCUT2D eigenvalue weighted by Gasteiger charge is -2.04. The van der Waals surface area contributed by atoms with Gasteiger partial charge >= 0.3 is 0 Å². The van der Waals surface area contributed by atoms with Gasteiger partial charge in [0.05, 0.1) is 0 Å². The molecular formula is C11H12N2O2. The summed E-state index contributed by atoms with van der Waals surface area (Å²) in [6, 6.07) is 2.98. The summed E-state index contributed by atoms with van der Waals surface area (Å²) in [7, 11) is 0. The molecule has 1 aromatic heterocycles. The predicted molar refractivity (Wildman–Crippen MR) is 56.3 cm³/mol. The molecule has 1 heterocycles. The third-order valence-electron chi connectivity index (χ3n) is 1.78. The molecule has 0 aliphatic heterocycles. The van der Waals surface area contributed by atoms with Crippen molar-refractivity contribution in [3.05, 3.63) is 24.0 Å². The van der Waals surface area contributed by atoms with Crippen LogP contribution in [0.25, 0.3) is 0 Å². The van der Waals surface area contributed by atoms with Crippen LogP contribution in [0.15, 0.2) is 18.3 Å². The van der Waals surface area contributed by atoms with Crippen molar-refractivity contribution in [2.24, 2.45) is 0 Å². The molecule has 0 spiro atoms. The average Bonchev–Trinajstić information content (AvgIpc) is 2.25. The van der Waals surface area contributed by atoms with Crippen LogP contribution < -0.4 is 5.32 Å². The highest BCUT2D eigenvalue weighted by molar-refractivity contribution is 5.94. The van der Waals surface area contributed by atoms with Crippen LogP contribution in [0.4, 0.5) is 0 Å². The zero-order chi connectivity index (χ0) is 11.1. The number of aromatic nitrogens is 1. The Bertz CT molecular complexity index is 382. The van der Waals surface area contributed by atoms with E-state index in [1.54, 1.807) is 6.07 Å². The Morgan fingerprint density at radius 1 is 1.67 bits per heavy atom. The number of terminal acetylenes is 1. The van der Waals surface area contributed by atoms with Gasteiger partial charge in [-0.15, -0.1) is 12.3 Å². The second-order valence-corrected chi connectivity index (χ2v) is 2.93. The number of hydrogen-bond acceptors (Lipinski definition) is 3. The molecule has 0 radical (unpaired) electrons.